The molecule has 3 aromatic rings. The number of aliphatic hydroxyl groups is 1. The lowest BCUT2D eigenvalue weighted by molar-refractivity contribution is -0.141. The molecule has 0 aliphatic carbocycles. The largest absolute Gasteiger partial charge is 0.497 e. The third kappa shape index (κ3) is 7.86. The number of methoxy groups -OCH3 is 1. The van der Waals surface area contributed by atoms with E-state index in [0.717, 1.165) is 12.0 Å². The standard InChI is InChI=1S/C27H33N3O6S2/c1-4-22-24(26(32)29-38(34,35)5-2)28-23(37-22)18-30(17-9-12-19-10-7-6-8-11-19)27(33)25(31)20-13-15-21(36-3)16-14-20/h6-8,10-11,13-16,25,31H,4-5,9,12,17-18H2,1-3H3,(H,29,32)/t25-/m1/s1. The molecule has 0 saturated heterocycles. The predicted molar refractivity (Wildman–Crippen MR) is 147 cm³/mol. The number of aryl methyl sites for hydroxylation is 2. The molecule has 2 aromatic carbocycles. The number of nitrogens with one attached hydrogen (secondary N) is 1. The van der Waals surface area contributed by atoms with Crippen LogP contribution in [0.3, 0.4) is 0 Å². The molecule has 0 unspecified atom stereocenters. The molecule has 0 aliphatic rings. The normalized spacial score (nSPS) is 12.1. The van der Waals surface area contributed by atoms with Gasteiger partial charge in [0.25, 0.3) is 11.8 Å². The molecule has 204 valence electrons. The number of aromatic nitrogens is 1. The second-order valence-corrected chi connectivity index (χ2v) is 11.8. The maximum absolute atomic E-state index is 13.4. The highest BCUT2D eigenvalue weighted by Gasteiger charge is 2.27. The molecule has 2 N–H and O–H groups in total. The van der Waals surface area contributed by atoms with Crippen LogP contribution in [0.4, 0.5) is 0 Å². The number of aliphatic hydroxyl groups excluding tert-OH is 1. The molecule has 1 heterocycles. The number of benzene rings is 2. The Hall–Kier alpha value is -3.28. The Balaban J connectivity index is 1.82. The highest BCUT2D eigenvalue weighted by Crippen LogP contribution is 2.24. The van der Waals surface area contributed by atoms with Gasteiger partial charge in [0.2, 0.25) is 10.0 Å². The number of carbonyl (C=O) groups is 2. The summed E-state index contributed by atoms with van der Waals surface area (Å²) in [4.78, 5) is 32.6. The first-order valence-electron chi connectivity index (χ1n) is 12.4. The fraction of sp³-hybridized carbons (Fsp3) is 0.370. The Morgan fingerprint density at radius 3 is 2.39 bits per heavy atom. The highest BCUT2D eigenvalue weighted by atomic mass is 32.2. The van der Waals surface area contributed by atoms with Crippen molar-refractivity contribution in [3.8, 4) is 5.75 Å². The summed E-state index contributed by atoms with van der Waals surface area (Å²) >= 11 is 1.25. The number of thiazole rings is 1. The lowest BCUT2D eigenvalue weighted by Gasteiger charge is -2.25. The summed E-state index contributed by atoms with van der Waals surface area (Å²) in [7, 11) is -2.21. The van der Waals surface area contributed by atoms with Crippen LogP contribution in [0.15, 0.2) is 54.6 Å². The van der Waals surface area contributed by atoms with Crippen LogP contribution in [0.25, 0.3) is 0 Å². The first-order chi connectivity index (χ1) is 18.2. The number of hydrogen-bond donors (Lipinski definition) is 2. The van der Waals surface area contributed by atoms with Crippen LogP contribution in [0, 0.1) is 0 Å². The van der Waals surface area contributed by atoms with E-state index in [1.807, 2.05) is 42.0 Å². The number of carbonyl (C=O) groups excluding carboxylic acids is 2. The van der Waals surface area contributed by atoms with Crippen LogP contribution in [-0.4, -0.2) is 54.6 Å². The van der Waals surface area contributed by atoms with E-state index in [9.17, 15) is 23.1 Å². The average molecular weight is 560 g/mol. The third-order valence-corrected chi connectivity index (χ3v) is 8.39. The fourth-order valence-electron chi connectivity index (χ4n) is 3.80. The lowest BCUT2D eigenvalue weighted by atomic mass is 10.1. The van der Waals surface area contributed by atoms with Gasteiger partial charge in [0.05, 0.1) is 19.4 Å². The van der Waals surface area contributed by atoms with Crippen molar-refractivity contribution < 1.29 is 27.9 Å². The van der Waals surface area contributed by atoms with Gasteiger partial charge in [-0.1, -0.05) is 49.4 Å². The van der Waals surface area contributed by atoms with Crippen molar-refractivity contribution in [3.63, 3.8) is 0 Å². The summed E-state index contributed by atoms with van der Waals surface area (Å²) in [6, 6.07) is 16.5. The first-order valence-corrected chi connectivity index (χ1v) is 14.8. The Bertz CT molecular complexity index is 1320. The minimum Gasteiger partial charge on any atom is -0.497 e. The van der Waals surface area contributed by atoms with Gasteiger partial charge in [-0.05, 0) is 49.4 Å². The molecule has 9 nitrogen and oxygen atoms in total. The zero-order chi connectivity index (χ0) is 27.7. The molecule has 2 amide bonds. The highest BCUT2D eigenvalue weighted by molar-refractivity contribution is 7.90. The molecule has 1 aromatic heterocycles. The van der Waals surface area contributed by atoms with E-state index < -0.39 is 27.9 Å². The Kier molecular flexibility index (Phi) is 10.4. The Labute approximate surface area is 227 Å². The molecule has 0 bridgehead atoms. The fourth-order valence-corrected chi connectivity index (χ4v) is 5.34. The molecule has 0 aliphatic heterocycles. The second-order valence-electron chi connectivity index (χ2n) is 8.59. The van der Waals surface area contributed by atoms with Gasteiger partial charge in [-0.15, -0.1) is 11.3 Å². The zero-order valence-electron chi connectivity index (χ0n) is 21.7. The minimum absolute atomic E-state index is 0.0388. The van der Waals surface area contributed by atoms with Crippen LogP contribution >= 0.6 is 11.3 Å². The maximum atomic E-state index is 13.4. The van der Waals surface area contributed by atoms with Crippen LogP contribution in [0.1, 0.15) is 57.9 Å². The van der Waals surface area contributed by atoms with E-state index in [-0.39, 0.29) is 18.0 Å². The van der Waals surface area contributed by atoms with Crippen molar-refractivity contribution in [2.24, 2.45) is 0 Å². The summed E-state index contributed by atoms with van der Waals surface area (Å²) in [6.07, 6.45) is 0.479. The van der Waals surface area contributed by atoms with Crippen LogP contribution in [0.2, 0.25) is 0 Å². The van der Waals surface area contributed by atoms with E-state index in [2.05, 4.69) is 4.98 Å². The van der Waals surface area contributed by atoms with Gasteiger partial charge >= 0.3 is 0 Å². The second kappa shape index (κ2) is 13.5. The van der Waals surface area contributed by atoms with Crippen molar-refractivity contribution in [2.75, 3.05) is 19.4 Å². The molecule has 0 radical (unpaired) electrons. The van der Waals surface area contributed by atoms with Crippen LogP contribution < -0.4 is 9.46 Å². The van der Waals surface area contributed by atoms with Crippen molar-refractivity contribution in [2.45, 2.75) is 45.8 Å². The van der Waals surface area contributed by atoms with Gasteiger partial charge in [0, 0.05) is 11.4 Å². The third-order valence-electron chi connectivity index (χ3n) is 5.95. The molecule has 3 rings (SSSR count). The average Bonchev–Trinajstić information content (AvgIpc) is 3.35. The summed E-state index contributed by atoms with van der Waals surface area (Å²) in [6.45, 7) is 3.72. The van der Waals surface area contributed by atoms with Crippen molar-refractivity contribution in [3.05, 3.63) is 81.3 Å². The van der Waals surface area contributed by atoms with E-state index in [1.54, 1.807) is 24.3 Å². The van der Waals surface area contributed by atoms with Crippen molar-refractivity contribution in [1.82, 2.24) is 14.6 Å². The first kappa shape index (κ1) is 29.3. The van der Waals surface area contributed by atoms with E-state index >= 15 is 0 Å². The number of ether oxygens (including phenoxy) is 1. The van der Waals surface area contributed by atoms with Crippen LogP contribution in [0.5, 0.6) is 5.75 Å². The van der Waals surface area contributed by atoms with Crippen molar-refractivity contribution in [1.29, 1.82) is 0 Å². The number of rotatable bonds is 13. The molecular weight excluding hydrogens is 526 g/mol. The summed E-state index contributed by atoms with van der Waals surface area (Å²) in [5.41, 5.74) is 1.60. The van der Waals surface area contributed by atoms with Gasteiger partial charge < -0.3 is 14.7 Å². The Morgan fingerprint density at radius 1 is 1.11 bits per heavy atom. The molecule has 1 atom stereocenters. The number of nitrogens with zero attached hydrogens (tertiary/aromatic N) is 2. The summed E-state index contributed by atoms with van der Waals surface area (Å²) in [5.74, 6) is -0.897. The van der Waals surface area contributed by atoms with Gasteiger partial charge in [-0.3, -0.25) is 9.59 Å². The molecule has 11 heteroatoms. The van der Waals surface area contributed by atoms with Crippen molar-refractivity contribution >= 4 is 33.2 Å². The topological polar surface area (TPSA) is 126 Å². The monoisotopic (exact) mass is 559 g/mol. The van der Waals surface area contributed by atoms with Gasteiger partial charge in [0.15, 0.2) is 6.10 Å². The minimum atomic E-state index is -3.75. The predicted octanol–water partition coefficient (Wildman–Crippen LogP) is 3.49. The van der Waals surface area contributed by atoms with E-state index in [1.165, 1.54) is 30.3 Å². The molecular formula is C27H33N3O6S2. The van der Waals surface area contributed by atoms with Gasteiger partial charge in [-0.25, -0.2) is 18.1 Å². The number of amides is 2. The van der Waals surface area contributed by atoms with E-state index in [4.69, 9.17) is 4.74 Å². The summed E-state index contributed by atoms with van der Waals surface area (Å²) in [5, 5.41) is 11.4. The molecule has 0 fully saturated rings. The zero-order valence-corrected chi connectivity index (χ0v) is 23.3. The SMILES string of the molecule is CCc1sc(CN(CCCc2ccccc2)C(=O)[C@H](O)c2ccc(OC)cc2)nc1C(=O)NS(=O)(=O)CC. The Morgan fingerprint density at radius 2 is 1.79 bits per heavy atom. The molecule has 0 saturated carbocycles. The van der Waals surface area contributed by atoms with E-state index in [0.29, 0.717) is 40.6 Å². The van der Waals surface area contributed by atoms with Gasteiger partial charge in [0.1, 0.15) is 16.5 Å². The quantitative estimate of drug-likeness (QED) is 0.328. The maximum Gasteiger partial charge on any atom is 0.284 e. The summed E-state index contributed by atoms with van der Waals surface area (Å²) < 4.78 is 31.0. The van der Waals surface area contributed by atoms with Gasteiger partial charge in [-0.2, -0.15) is 0 Å². The molecule has 0 spiro atoms. The van der Waals surface area contributed by atoms with Crippen LogP contribution in [-0.2, 0) is 34.2 Å². The molecule has 38 heavy (non-hydrogen) atoms. The lowest BCUT2D eigenvalue weighted by Crippen LogP contribution is -2.36. The smallest absolute Gasteiger partial charge is 0.284 e. The number of sulfonamides is 1. The number of hydrogen-bond acceptors (Lipinski definition) is 8.